The van der Waals surface area contributed by atoms with Gasteiger partial charge in [0.2, 0.25) is 15.9 Å². The molecule has 1 aromatic carbocycles. The lowest BCUT2D eigenvalue weighted by Crippen LogP contribution is -2.40. The Morgan fingerprint density at radius 2 is 1.88 bits per heavy atom. The Balaban J connectivity index is 1.81. The van der Waals surface area contributed by atoms with Gasteiger partial charge in [-0.15, -0.1) is 0 Å². The fourth-order valence-corrected chi connectivity index (χ4v) is 5.50. The Hall–Kier alpha value is -1.44. The minimum absolute atomic E-state index is 0.0158. The van der Waals surface area contributed by atoms with Gasteiger partial charge in [0.05, 0.1) is 23.6 Å². The predicted molar refractivity (Wildman–Crippen MR) is 94.8 cm³/mol. The number of nitrogens with zero attached hydrogens (tertiary/aromatic N) is 2. The van der Waals surface area contributed by atoms with Gasteiger partial charge in [0, 0.05) is 26.6 Å². The molecular weight excluding hydrogens is 340 g/mol. The third-order valence-electron chi connectivity index (χ3n) is 5.25. The van der Waals surface area contributed by atoms with Crippen LogP contribution in [0.25, 0.3) is 0 Å². The molecule has 25 heavy (non-hydrogen) atoms. The number of fused-ring (bicyclic) bond motifs is 1. The van der Waals surface area contributed by atoms with Gasteiger partial charge in [0.25, 0.3) is 0 Å². The Kier molecular flexibility index (Phi) is 5.18. The van der Waals surface area contributed by atoms with Crippen molar-refractivity contribution in [2.24, 2.45) is 0 Å². The highest BCUT2D eigenvalue weighted by atomic mass is 32.2. The quantitative estimate of drug-likeness (QED) is 0.770. The third kappa shape index (κ3) is 3.32. The van der Waals surface area contributed by atoms with Crippen LogP contribution in [0, 0.1) is 0 Å². The van der Waals surface area contributed by atoms with Gasteiger partial charge in [-0.05, 0) is 30.0 Å². The first-order chi connectivity index (χ1) is 11.9. The van der Waals surface area contributed by atoms with E-state index in [-0.39, 0.29) is 24.4 Å². The van der Waals surface area contributed by atoms with Gasteiger partial charge in [-0.1, -0.05) is 26.0 Å². The average molecular weight is 366 g/mol. The summed E-state index contributed by atoms with van der Waals surface area (Å²) >= 11 is 0. The molecule has 2 unspecified atom stereocenters. The molecule has 7 heteroatoms. The fraction of sp³-hybridized carbons (Fsp3) is 0.611. The number of ether oxygens (including phenoxy) is 1. The van der Waals surface area contributed by atoms with Crippen molar-refractivity contribution in [1.82, 2.24) is 9.21 Å². The number of likely N-dealkylation sites (tertiary alicyclic amines) is 1. The largest absolute Gasteiger partial charge is 0.383 e. The molecule has 1 aromatic rings. The molecule has 2 aliphatic rings. The van der Waals surface area contributed by atoms with Gasteiger partial charge >= 0.3 is 0 Å². The summed E-state index contributed by atoms with van der Waals surface area (Å²) in [6.45, 7) is 5.60. The number of sulfonamides is 1. The van der Waals surface area contributed by atoms with Crippen LogP contribution < -0.4 is 0 Å². The first-order valence-corrected chi connectivity index (χ1v) is 10.2. The van der Waals surface area contributed by atoms with Crippen molar-refractivity contribution in [1.29, 1.82) is 0 Å². The van der Waals surface area contributed by atoms with Crippen LogP contribution in [-0.2, 0) is 19.6 Å². The lowest BCUT2D eigenvalue weighted by Gasteiger charge is -2.25. The van der Waals surface area contributed by atoms with Crippen LogP contribution in [-0.4, -0.2) is 62.4 Å². The maximum absolute atomic E-state index is 13.1. The molecule has 2 heterocycles. The lowest BCUT2D eigenvalue weighted by molar-refractivity contribution is -0.129. The topological polar surface area (TPSA) is 66.9 Å². The van der Waals surface area contributed by atoms with E-state index in [0.717, 1.165) is 5.56 Å². The fourth-order valence-electron chi connectivity index (χ4n) is 3.83. The molecule has 0 bridgehead atoms. The molecule has 0 aromatic heterocycles. The summed E-state index contributed by atoms with van der Waals surface area (Å²) in [5, 5.41) is 0. The van der Waals surface area contributed by atoms with Crippen molar-refractivity contribution in [3.63, 3.8) is 0 Å². The summed E-state index contributed by atoms with van der Waals surface area (Å²) in [6, 6.07) is 6.80. The number of carbonyl (C=O) groups is 1. The second-order valence-electron chi connectivity index (χ2n) is 7.05. The summed E-state index contributed by atoms with van der Waals surface area (Å²) in [4.78, 5) is 14.4. The maximum Gasteiger partial charge on any atom is 0.243 e. The van der Waals surface area contributed by atoms with Crippen molar-refractivity contribution >= 4 is 15.9 Å². The molecule has 138 valence electrons. The molecule has 0 N–H and O–H groups in total. The average Bonchev–Trinajstić information content (AvgIpc) is 3.11. The number of benzene rings is 1. The Morgan fingerprint density at radius 3 is 2.48 bits per heavy atom. The van der Waals surface area contributed by atoms with Gasteiger partial charge in [-0.25, -0.2) is 8.42 Å². The molecule has 6 nitrogen and oxygen atoms in total. The molecule has 2 aliphatic heterocycles. The first kappa shape index (κ1) is 18.4. The predicted octanol–water partition coefficient (Wildman–Crippen LogP) is 1.82. The molecule has 3 rings (SSSR count). The van der Waals surface area contributed by atoms with E-state index in [1.54, 1.807) is 24.1 Å². The molecule has 2 fully saturated rings. The zero-order chi connectivity index (χ0) is 18.2. The molecule has 2 saturated heterocycles. The highest BCUT2D eigenvalue weighted by molar-refractivity contribution is 7.89. The van der Waals surface area contributed by atoms with E-state index in [4.69, 9.17) is 4.74 Å². The Morgan fingerprint density at radius 1 is 1.20 bits per heavy atom. The van der Waals surface area contributed by atoms with Gasteiger partial charge in [-0.2, -0.15) is 4.31 Å². The van der Waals surface area contributed by atoms with Crippen LogP contribution in [0.2, 0.25) is 0 Å². The first-order valence-electron chi connectivity index (χ1n) is 8.76. The van der Waals surface area contributed by atoms with E-state index < -0.39 is 10.0 Å². The molecule has 1 amide bonds. The van der Waals surface area contributed by atoms with E-state index >= 15 is 0 Å². The highest BCUT2D eigenvalue weighted by Crippen LogP contribution is 2.36. The molecule has 0 spiro atoms. The van der Waals surface area contributed by atoms with Crippen molar-refractivity contribution in [2.45, 2.75) is 49.6 Å². The molecule has 0 radical (unpaired) electrons. The smallest absolute Gasteiger partial charge is 0.243 e. The number of rotatable bonds is 6. The standard InChI is InChI=1S/C18H26N2O4S/c1-13(2)14-4-6-15(7-5-14)25(22,23)20-9-8-16-17(20)12-18(21)19(16)10-11-24-3/h4-7,13,16-17H,8-12H2,1-3H3. The summed E-state index contributed by atoms with van der Waals surface area (Å²) < 4.78 is 32.7. The normalized spacial score (nSPS) is 24.3. The van der Waals surface area contributed by atoms with Crippen LogP contribution in [0.15, 0.2) is 29.2 Å². The summed E-state index contributed by atoms with van der Waals surface area (Å²) in [5.41, 5.74) is 1.11. The van der Waals surface area contributed by atoms with Crippen molar-refractivity contribution in [2.75, 3.05) is 26.8 Å². The Labute approximate surface area is 149 Å². The number of methoxy groups -OCH3 is 1. The van der Waals surface area contributed by atoms with Gasteiger partial charge < -0.3 is 9.64 Å². The van der Waals surface area contributed by atoms with Crippen molar-refractivity contribution in [3.05, 3.63) is 29.8 Å². The number of hydrogen-bond donors (Lipinski definition) is 0. The van der Waals surface area contributed by atoms with Crippen LogP contribution >= 0.6 is 0 Å². The second-order valence-corrected chi connectivity index (χ2v) is 8.94. The summed E-state index contributed by atoms with van der Waals surface area (Å²) in [6.07, 6.45) is 0.946. The Bertz CT molecular complexity index is 730. The molecule has 0 aliphatic carbocycles. The number of carbonyl (C=O) groups excluding carboxylic acids is 1. The minimum atomic E-state index is -3.58. The van der Waals surface area contributed by atoms with Crippen LogP contribution in [0.1, 0.15) is 38.2 Å². The van der Waals surface area contributed by atoms with E-state index in [9.17, 15) is 13.2 Å². The van der Waals surface area contributed by atoms with E-state index in [1.807, 2.05) is 12.1 Å². The van der Waals surface area contributed by atoms with Crippen LogP contribution in [0.4, 0.5) is 0 Å². The summed E-state index contributed by atoms with van der Waals surface area (Å²) in [7, 11) is -1.98. The number of hydrogen-bond acceptors (Lipinski definition) is 4. The molecule has 2 atom stereocenters. The summed E-state index contributed by atoms with van der Waals surface area (Å²) in [5.74, 6) is 0.372. The zero-order valence-corrected chi connectivity index (χ0v) is 15.8. The number of amides is 1. The van der Waals surface area contributed by atoms with Gasteiger partial charge in [0.15, 0.2) is 0 Å². The zero-order valence-electron chi connectivity index (χ0n) is 15.0. The van der Waals surface area contributed by atoms with E-state index in [2.05, 4.69) is 13.8 Å². The van der Waals surface area contributed by atoms with Gasteiger partial charge in [0.1, 0.15) is 0 Å². The highest BCUT2D eigenvalue weighted by Gasteiger charge is 2.50. The molecular formula is C18H26N2O4S. The van der Waals surface area contributed by atoms with Crippen LogP contribution in [0.5, 0.6) is 0 Å². The third-order valence-corrected chi connectivity index (χ3v) is 7.19. The lowest BCUT2D eigenvalue weighted by atomic mass is 10.0. The monoisotopic (exact) mass is 366 g/mol. The van der Waals surface area contributed by atoms with E-state index in [1.165, 1.54) is 4.31 Å². The van der Waals surface area contributed by atoms with Gasteiger partial charge in [-0.3, -0.25) is 4.79 Å². The SMILES string of the molecule is COCCN1C(=O)CC2C1CCN2S(=O)(=O)c1ccc(C(C)C)cc1. The molecule has 0 saturated carbocycles. The second kappa shape index (κ2) is 7.05. The van der Waals surface area contributed by atoms with Crippen LogP contribution in [0.3, 0.4) is 0 Å². The minimum Gasteiger partial charge on any atom is -0.383 e. The maximum atomic E-state index is 13.1. The van der Waals surface area contributed by atoms with E-state index in [0.29, 0.717) is 36.9 Å². The van der Waals surface area contributed by atoms with Crippen molar-refractivity contribution in [3.8, 4) is 0 Å². The van der Waals surface area contributed by atoms with Crippen molar-refractivity contribution < 1.29 is 17.9 Å².